The lowest BCUT2D eigenvalue weighted by Gasteiger charge is -2.36. The van der Waals surface area contributed by atoms with Gasteiger partial charge in [-0.15, -0.1) is 0 Å². The highest BCUT2D eigenvalue weighted by molar-refractivity contribution is 5.76. The molecule has 1 fully saturated rings. The van der Waals surface area contributed by atoms with Gasteiger partial charge >= 0.3 is 12.1 Å². The molecule has 0 spiro atoms. The number of rotatable bonds is 7. The second kappa shape index (κ2) is 8.55. The van der Waals surface area contributed by atoms with E-state index in [1.54, 1.807) is 6.92 Å². The Morgan fingerprint density at radius 1 is 1.19 bits per heavy atom. The molecule has 0 aliphatic carbocycles. The molecular formula is C13H24F3N3O2. The van der Waals surface area contributed by atoms with Gasteiger partial charge in [0.05, 0.1) is 13.2 Å². The quantitative estimate of drug-likeness (QED) is 0.702. The number of nitrogens with one attached hydrogen (secondary N) is 1. The fourth-order valence-corrected chi connectivity index (χ4v) is 2.35. The van der Waals surface area contributed by atoms with Crippen LogP contribution in [0.4, 0.5) is 13.2 Å². The fourth-order valence-electron chi connectivity index (χ4n) is 2.35. The molecule has 1 heterocycles. The van der Waals surface area contributed by atoms with Crippen LogP contribution in [0.3, 0.4) is 0 Å². The second-order valence-corrected chi connectivity index (χ2v) is 5.05. The molecule has 5 nitrogen and oxygen atoms in total. The predicted octanol–water partition coefficient (Wildman–Crippen LogP) is 0.708. The third-order valence-corrected chi connectivity index (χ3v) is 3.33. The van der Waals surface area contributed by atoms with E-state index >= 15 is 0 Å². The van der Waals surface area contributed by atoms with E-state index < -0.39 is 18.8 Å². The lowest BCUT2D eigenvalue weighted by atomic mass is 10.2. The molecule has 0 radical (unpaired) electrons. The fraction of sp³-hybridized carbons (Fsp3) is 0.923. The Morgan fingerprint density at radius 2 is 1.76 bits per heavy atom. The Kier molecular flexibility index (Phi) is 7.41. The van der Waals surface area contributed by atoms with Crippen LogP contribution in [0.1, 0.15) is 13.8 Å². The number of halogens is 3. The minimum atomic E-state index is -4.15. The SMILES string of the molecule is CCNC(CN1CCN(CC(F)(F)F)CC1)C(=O)OCC. The molecule has 1 atom stereocenters. The maximum absolute atomic E-state index is 12.3. The third-order valence-electron chi connectivity index (χ3n) is 3.33. The van der Waals surface area contributed by atoms with Crippen molar-refractivity contribution in [1.82, 2.24) is 15.1 Å². The van der Waals surface area contributed by atoms with Crippen molar-refractivity contribution in [2.45, 2.75) is 26.1 Å². The van der Waals surface area contributed by atoms with Gasteiger partial charge in [-0.1, -0.05) is 6.92 Å². The Labute approximate surface area is 123 Å². The highest BCUT2D eigenvalue weighted by atomic mass is 19.4. The van der Waals surface area contributed by atoms with Crippen molar-refractivity contribution in [3.05, 3.63) is 0 Å². The zero-order chi connectivity index (χ0) is 15.9. The van der Waals surface area contributed by atoms with Crippen molar-refractivity contribution >= 4 is 5.97 Å². The van der Waals surface area contributed by atoms with Crippen molar-refractivity contribution < 1.29 is 22.7 Å². The first-order valence-electron chi connectivity index (χ1n) is 7.27. The summed E-state index contributed by atoms with van der Waals surface area (Å²) < 4.78 is 41.9. The minimum Gasteiger partial charge on any atom is -0.465 e. The highest BCUT2D eigenvalue weighted by Gasteiger charge is 2.32. The molecule has 124 valence electrons. The summed E-state index contributed by atoms with van der Waals surface area (Å²) >= 11 is 0. The predicted molar refractivity (Wildman–Crippen MR) is 73.0 cm³/mol. The number of piperazine rings is 1. The molecular weight excluding hydrogens is 287 g/mol. The van der Waals surface area contributed by atoms with Gasteiger partial charge in [-0.2, -0.15) is 13.2 Å². The average molecular weight is 311 g/mol. The van der Waals surface area contributed by atoms with Gasteiger partial charge in [-0.25, -0.2) is 0 Å². The van der Waals surface area contributed by atoms with E-state index in [0.717, 1.165) is 0 Å². The highest BCUT2D eigenvalue weighted by Crippen LogP contribution is 2.17. The summed E-state index contributed by atoms with van der Waals surface area (Å²) in [5.74, 6) is -0.308. The first kappa shape index (κ1) is 18.2. The van der Waals surface area contributed by atoms with Crippen molar-refractivity contribution in [3.8, 4) is 0 Å². The molecule has 21 heavy (non-hydrogen) atoms. The summed E-state index contributed by atoms with van der Waals surface area (Å²) in [6, 6.07) is -0.427. The second-order valence-electron chi connectivity index (χ2n) is 5.05. The van der Waals surface area contributed by atoms with Crippen molar-refractivity contribution in [1.29, 1.82) is 0 Å². The van der Waals surface area contributed by atoms with E-state index in [1.807, 2.05) is 11.8 Å². The van der Waals surface area contributed by atoms with Gasteiger partial charge in [-0.3, -0.25) is 14.6 Å². The monoisotopic (exact) mass is 311 g/mol. The van der Waals surface area contributed by atoms with Crippen LogP contribution in [-0.4, -0.2) is 80.4 Å². The summed E-state index contributed by atoms with van der Waals surface area (Å²) in [5.41, 5.74) is 0. The Hall–Kier alpha value is -0.860. The molecule has 0 bridgehead atoms. The maximum Gasteiger partial charge on any atom is 0.401 e. The first-order chi connectivity index (χ1) is 9.85. The molecule has 0 amide bonds. The number of alkyl halides is 3. The number of carbonyl (C=O) groups is 1. The smallest absolute Gasteiger partial charge is 0.401 e. The third kappa shape index (κ3) is 7.10. The van der Waals surface area contributed by atoms with Crippen LogP contribution in [0.25, 0.3) is 0 Å². The zero-order valence-electron chi connectivity index (χ0n) is 12.6. The van der Waals surface area contributed by atoms with Crippen LogP contribution in [0.2, 0.25) is 0 Å². The van der Waals surface area contributed by atoms with Crippen LogP contribution in [0, 0.1) is 0 Å². The summed E-state index contributed by atoms with van der Waals surface area (Å²) in [4.78, 5) is 15.2. The zero-order valence-corrected chi connectivity index (χ0v) is 12.6. The summed E-state index contributed by atoms with van der Waals surface area (Å²) in [6.07, 6.45) is -4.15. The number of esters is 1. The van der Waals surface area contributed by atoms with E-state index in [2.05, 4.69) is 5.32 Å². The number of hydrogen-bond acceptors (Lipinski definition) is 5. The molecule has 0 aromatic heterocycles. The standard InChI is InChI=1S/C13H24F3N3O2/c1-3-17-11(12(20)21-4-2)9-18-5-7-19(8-6-18)10-13(14,15)16/h11,17H,3-10H2,1-2H3. The topological polar surface area (TPSA) is 44.8 Å². The van der Waals surface area contributed by atoms with Gasteiger partial charge in [0.15, 0.2) is 0 Å². The molecule has 8 heteroatoms. The number of nitrogens with zero attached hydrogens (tertiary/aromatic N) is 2. The Balaban J connectivity index is 2.40. The van der Waals surface area contributed by atoms with Crippen molar-refractivity contribution in [3.63, 3.8) is 0 Å². The Morgan fingerprint density at radius 3 is 2.24 bits per heavy atom. The number of ether oxygens (including phenoxy) is 1. The van der Waals surface area contributed by atoms with Crippen LogP contribution in [0.5, 0.6) is 0 Å². The lowest BCUT2D eigenvalue weighted by molar-refractivity contribution is -0.150. The van der Waals surface area contributed by atoms with Crippen LogP contribution >= 0.6 is 0 Å². The van der Waals surface area contributed by atoms with Crippen molar-refractivity contribution in [2.24, 2.45) is 0 Å². The van der Waals surface area contributed by atoms with E-state index in [9.17, 15) is 18.0 Å². The number of carbonyl (C=O) groups excluding carboxylic acids is 1. The van der Waals surface area contributed by atoms with E-state index in [4.69, 9.17) is 4.74 Å². The average Bonchev–Trinajstić information content (AvgIpc) is 2.39. The van der Waals surface area contributed by atoms with Gasteiger partial charge in [0.1, 0.15) is 6.04 Å². The molecule has 0 saturated carbocycles. The van der Waals surface area contributed by atoms with Crippen LogP contribution < -0.4 is 5.32 Å². The van der Waals surface area contributed by atoms with Gasteiger partial charge in [0.2, 0.25) is 0 Å². The molecule has 0 aromatic rings. The first-order valence-corrected chi connectivity index (χ1v) is 7.27. The van der Waals surface area contributed by atoms with Gasteiger partial charge < -0.3 is 10.1 Å². The van der Waals surface area contributed by atoms with E-state index in [0.29, 0.717) is 45.9 Å². The normalized spacial score (nSPS) is 19.5. The largest absolute Gasteiger partial charge is 0.465 e. The molecule has 1 aliphatic heterocycles. The molecule has 1 rings (SSSR count). The van der Waals surface area contributed by atoms with Crippen molar-refractivity contribution in [2.75, 3.05) is 52.4 Å². The van der Waals surface area contributed by atoms with Crippen LogP contribution in [-0.2, 0) is 9.53 Å². The van der Waals surface area contributed by atoms with Gasteiger partial charge in [0, 0.05) is 32.7 Å². The van der Waals surface area contributed by atoms with E-state index in [1.165, 1.54) is 4.90 Å². The summed E-state index contributed by atoms with van der Waals surface area (Å²) in [7, 11) is 0. The van der Waals surface area contributed by atoms with Gasteiger partial charge in [-0.05, 0) is 13.5 Å². The molecule has 0 aromatic carbocycles. The maximum atomic E-state index is 12.3. The summed E-state index contributed by atoms with van der Waals surface area (Å²) in [6.45, 7) is 5.97. The lowest BCUT2D eigenvalue weighted by Crippen LogP contribution is -2.54. The van der Waals surface area contributed by atoms with Crippen LogP contribution in [0.15, 0.2) is 0 Å². The Bertz CT molecular complexity index is 318. The number of hydrogen-bond donors (Lipinski definition) is 1. The van der Waals surface area contributed by atoms with E-state index in [-0.39, 0.29) is 5.97 Å². The number of likely N-dealkylation sites (N-methyl/N-ethyl adjacent to an activating group) is 1. The molecule has 1 unspecified atom stereocenters. The molecule has 1 N–H and O–H groups in total. The molecule has 1 saturated heterocycles. The minimum absolute atomic E-state index is 0.308. The molecule has 1 aliphatic rings. The van der Waals surface area contributed by atoms with Gasteiger partial charge in [0.25, 0.3) is 0 Å². The summed E-state index contributed by atoms with van der Waals surface area (Å²) in [5, 5.41) is 3.05.